The number of hydrogen-bond donors (Lipinski definition) is 0. The number of nitrogens with zero attached hydrogens (tertiary/aromatic N) is 3. The largest absolute Gasteiger partial charge is 0.497 e. The van der Waals surface area contributed by atoms with Crippen LogP contribution < -0.4 is 9.64 Å². The van der Waals surface area contributed by atoms with Crippen LogP contribution >= 0.6 is 0 Å². The van der Waals surface area contributed by atoms with Crippen LogP contribution in [0.15, 0.2) is 36.7 Å². The molecule has 0 bridgehead atoms. The van der Waals surface area contributed by atoms with Gasteiger partial charge in [-0.1, -0.05) is 12.1 Å². The number of aromatic nitrogens is 2. The van der Waals surface area contributed by atoms with Gasteiger partial charge in [0.05, 0.1) is 20.3 Å². The van der Waals surface area contributed by atoms with Crippen LogP contribution in [0.5, 0.6) is 5.75 Å². The minimum atomic E-state index is 0.745. The van der Waals surface area contributed by atoms with Crippen LogP contribution in [0.1, 0.15) is 11.1 Å². The summed E-state index contributed by atoms with van der Waals surface area (Å²) in [6.45, 7) is 3.20. The fourth-order valence-electron chi connectivity index (χ4n) is 2.38. The summed E-state index contributed by atoms with van der Waals surface area (Å²) < 4.78 is 10.6. The first-order chi connectivity index (χ1) is 10.3. The van der Waals surface area contributed by atoms with Gasteiger partial charge in [0, 0.05) is 31.9 Å². The maximum absolute atomic E-state index is 5.34. The molecule has 0 unspecified atom stereocenters. The topological polar surface area (TPSA) is 47.5 Å². The van der Waals surface area contributed by atoms with Crippen LogP contribution in [0.4, 0.5) is 5.95 Å². The van der Waals surface area contributed by atoms with Gasteiger partial charge in [-0.05, 0) is 23.3 Å². The molecule has 1 fully saturated rings. The van der Waals surface area contributed by atoms with Crippen LogP contribution in [0.25, 0.3) is 0 Å². The molecule has 1 aromatic carbocycles. The quantitative estimate of drug-likeness (QED) is 0.859. The molecule has 110 valence electrons. The Bertz CT molecular complexity index is 580. The molecule has 0 spiro atoms. The van der Waals surface area contributed by atoms with E-state index < -0.39 is 0 Å². The highest BCUT2D eigenvalue weighted by molar-refractivity contribution is 5.34. The molecule has 0 N–H and O–H groups in total. The van der Waals surface area contributed by atoms with Crippen LogP contribution in [-0.2, 0) is 11.2 Å². The number of benzene rings is 1. The van der Waals surface area contributed by atoms with E-state index in [2.05, 4.69) is 20.9 Å². The number of morpholine rings is 1. The number of anilines is 1. The second-order valence-electron chi connectivity index (χ2n) is 5.02. The van der Waals surface area contributed by atoms with Crippen molar-refractivity contribution in [2.75, 3.05) is 38.3 Å². The molecule has 1 saturated heterocycles. The zero-order valence-electron chi connectivity index (χ0n) is 12.2. The van der Waals surface area contributed by atoms with Crippen molar-refractivity contribution < 1.29 is 9.47 Å². The van der Waals surface area contributed by atoms with Crippen LogP contribution in [0.2, 0.25) is 0 Å². The van der Waals surface area contributed by atoms with Gasteiger partial charge in [0.25, 0.3) is 0 Å². The van der Waals surface area contributed by atoms with Crippen LogP contribution in [-0.4, -0.2) is 43.4 Å². The van der Waals surface area contributed by atoms with E-state index in [4.69, 9.17) is 9.47 Å². The zero-order chi connectivity index (χ0) is 14.5. The molecule has 1 aliphatic rings. The Morgan fingerprint density at radius 3 is 2.62 bits per heavy atom. The Labute approximate surface area is 124 Å². The van der Waals surface area contributed by atoms with Crippen molar-refractivity contribution in [3.8, 4) is 5.75 Å². The van der Waals surface area contributed by atoms with Crippen molar-refractivity contribution in [3.63, 3.8) is 0 Å². The normalized spacial score (nSPS) is 15.0. The van der Waals surface area contributed by atoms with Crippen molar-refractivity contribution >= 4 is 5.95 Å². The van der Waals surface area contributed by atoms with E-state index in [1.54, 1.807) is 7.11 Å². The Kier molecular flexibility index (Phi) is 4.31. The summed E-state index contributed by atoms with van der Waals surface area (Å²) in [5, 5.41) is 0. The lowest BCUT2D eigenvalue weighted by molar-refractivity contribution is 0.122. The standard InChI is InChI=1S/C16H19N3O2/c1-20-15-4-2-3-13(10-15)9-14-11-17-16(18-12-14)19-5-7-21-8-6-19/h2-4,10-12H,5-9H2,1H3. The summed E-state index contributed by atoms with van der Waals surface area (Å²) in [5.74, 6) is 1.66. The molecule has 2 aromatic rings. The van der Waals surface area contributed by atoms with Crippen molar-refractivity contribution in [1.82, 2.24) is 9.97 Å². The molecule has 0 radical (unpaired) electrons. The van der Waals surface area contributed by atoms with Gasteiger partial charge in [-0.2, -0.15) is 0 Å². The van der Waals surface area contributed by atoms with E-state index in [9.17, 15) is 0 Å². The third kappa shape index (κ3) is 3.49. The molecule has 2 heterocycles. The van der Waals surface area contributed by atoms with E-state index in [0.29, 0.717) is 0 Å². The Morgan fingerprint density at radius 1 is 1.14 bits per heavy atom. The third-order valence-corrected chi connectivity index (χ3v) is 3.53. The average molecular weight is 285 g/mol. The van der Waals surface area contributed by atoms with E-state index in [-0.39, 0.29) is 0 Å². The summed E-state index contributed by atoms with van der Waals surface area (Å²) in [5.41, 5.74) is 2.29. The average Bonchev–Trinajstić information content (AvgIpc) is 2.56. The van der Waals surface area contributed by atoms with Gasteiger partial charge in [0.2, 0.25) is 5.95 Å². The van der Waals surface area contributed by atoms with Crippen molar-refractivity contribution in [2.24, 2.45) is 0 Å². The maximum atomic E-state index is 5.34. The molecule has 5 heteroatoms. The van der Waals surface area contributed by atoms with Gasteiger partial charge >= 0.3 is 0 Å². The molecule has 1 aliphatic heterocycles. The molecule has 0 atom stereocenters. The SMILES string of the molecule is COc1cccc(Cc2cnc(N3CCOCC3)nc2)c1. The van der Waals surface area contributed by atoms with E-state index in [1.807, 2.05) is 30.6 Å². The lowest BCUT2D eigenvalue weighted by Gasteiger charge is -2.26. The van der Waals surface area contributed by atoms with Crippen LogP contribution in [0, 0.1) is 0 Å². The Morgan fingerprint density at radius 2 is 1.90 bits per heavy atom. The van der Waals surface area contributed by atoms with E-state index >= 15 is 0 Å². The summed E-state index contributed by atoms with van der Waals surface area (Å²) in [6.07, 6.45) is 4.61. The lowest BCUT2D eigenvalue weighted by Crippen LogP contribution is -2.37. The fourth-order valence-corrected chi connectivity index (χ4v) is 2.38. The number of rotatable bonds is 4. The van der Waals surface area contributed by atoms with Gasteiger partial charge < -0.3 is 14.4 Å². The molecule has 0 saturated carbocycles. The maximum Gasteiger partial charge on any atom is 0.225 e. The number of ether oxygens (including phenoxy) is 2. The van der Waals surface area contributed by atoms with E-state index in [1.165, 1.54) is 5.56 Å². The van der Waals surface area contributed by atoms with Crippen molar-refractivity contribution in [3.05, 3.63) is 47.8 Å². The molecule has 3 rings (SSSR count). The van der Waals surface area contributed by atoms with Gasteiger partial charge in [0.15, 0.2) is 0 Å². The molecule has 0 aliphatic carbocycles. The Hall–Kier alpha value is -2.14. The second-order valence-corrected chi connectivity index (χ2v) is 5.02. The van der Waals surface area contributed by atoms with Crippen LogP contribution in [0.3, 0.4) is 0 Å². The molecule has 0 amide bonds. The van der Waals surface area contributed by atoms with E-state index in [0.717, 1.165) is 50.0 Å². The Balaban J connectivity index is 1.68. The predicted octanol–water partition coefficient (Wildman–Crippen LogP) is 1.91. The highest BCUT2D eigenvalue weighted by atomic mass is 16.5. The monoisotopic (exact) mass is 285 g/mol. The van der Waals surface area contributed by atoms with Crippen molar-refractivity contribution in [1.29, 1.82) is 0 Å². The first kappa shape index (κ1) is 13.8. The summed E-state index contributed by atoms with van der Waals surface area (Å²) in [4.78, 5) is 11.1. The summed E-state index contributed by atoms with van der Waals surface area (Å²) in [6, 6.07) is 8.06. The first-order valence-electron chi connectivity index (χ1n) is 7.12. The smallest absolute Gasteiger partial charge is 0.225 e. The fraction of sp³-hybridized carbons (Fsp3) is 0.375. The molecular weight excluding hydrogens is 266 g/mol. The molecular formula is C16H19N3O2. The summed E-state index contributed by atoms with van der Waals surface area (Å²) in [7, 11) is 1.68. The highest BCUT2D eigenvalue weighted by Crippen LogP contribution is 2.16. The van der Waals surface area contributed by atoms with Gasteiger partial charge in [0.1, 0.15) is 5.75 Å². The van der Waals surface area contributed by atoms with Gasteiger partial charge in [-0.25, -0.2) is 9.97 Å². The van der Waals surface area contributed by atoms with Crippen molar-refractivity contribution in [2.45, 2.75) is 6.42 Å². The summed E-state index contributed by atoms with van der Waals surface area (Å²) >= 11 is 0. The number of methoxy groups -OCH3 is 1. The molecule has 5 nitrogen and oxygen atoms in total. The highest BCUT2D eigenvalue weighted by Gasteiger charge is 2.13. The van der Waals surface area contributed by atoms with Gasteiger partial charge in [-0.15, -0.1) is 0 Å². The second kappa shape index (κ2) is 6.54. The third-order valence-electron chi connectivity index (χ3n) is 3.53. The minimum Gasteiger partial charge on any atom is -0.497 e. The van der Waals surface area contributed by atoms with Gasteiger partial charge in [-0.3, -0.25) is 0 Å². The first-order valence-corrected chi connectivity index (χ1v) is 7.12. The number of hydrogen-bond acceptors (Lipinski definition) is 5. The molecule has 1 aromatic heterocycles. The lowest BCUT2D eigenvalue weighted by atomic mass is 10.1. The zero-order valence-corrected chi connectivity index (χ0v) is 12.2. The predicted molar refractivity (Wildman–Crippen MR) is 80.9 cm³/mol. The molecule has 21 heavy (non-hydrogen) atoms. The minimum absolute atomic E-state index is 0.745.